The van der Waals surface area contributed by atoms with Crippen LogP contribution in [0.2, 0.25) is 0 Å². The third-order valence-electron chi connectivity index (χ3n) is 3.64. The monoisotopic (exact) mass is 237 g/mol. The molecule has 96 valence electrons. The third-order valence-corrected chi connectivity index (χ3v) is 3.64. The van der Waals surface area contributed by atoms with Crippen molar-refractivity contribution in [2.45, 2.75) is 52.0 Å². The van der Waals surface area contributed by atoms with Crippen molar-refractivity contribution >= 4 is 0 Å². The van der Waals surface area contributed by atoms with Gasteiger partial charge in [-0.25, -0.2) is 4.39 Å². The van der Waals surface area contributed by atoms with Crippen molar-refractivity contribution in [1.29, 1.82) is 0 Å². The zero-order chi connectivity index (χ0) is 12.9. The van der Waals surface area contributed by atoms with Crippen molar-refractivity contribution in [3.05, 3.63) is 35.6 Å². The number of nitrogens with one attached hydrogen (secondary N) is 1. The molecule has 0 aliphatic heterocycles. The predicted molar refractivity (Wildman–Crippen MR) is 71.8 cm³/mol. The molecule has 2 heteroatoms. The molecule has 0 aliphatic carbocycles. The molecule has 0 aliphatic rings. The SMILES string of the molecule is CCC(CC)(CNC(C)C)c1cccc(F)c1. The second-order valence-corrected chi connectivity index (χ2v) is 5.03. The first kappa shape index (κ1) is 14.2. The maximum atomic E-state index is 13.3. The average Bonchev–Trinajstić information content (AvgIpc) is 2.31. The highest BCUT2D eigenvalue weighted by atomic mass is 19.1. The van der Waals surface area contributed by atoms with E-state index >= 15 is 0 Å². The fourth-order valence-corrected chi connectivity index (χ4v) is 2.23. The Morgan fingerprint density at radius 2 is 1.88 bits per heavy atom. The Balaban J connectivity index is 2.97. The normalized spacial score (nSPS) is 12.1. The Hall–Kier alpha value is -0.890. The van der Waals surface area contributed by atoms with Gasteiger partial charge >= 0.3 is 0 Å². The molecular formula is C15H24FN. The standard InChI is InChI=1S/C15H24FN/c1-5-15(6-2,11-17-12(3)4)13-8-7-9-14(16)10-13/h7-10,12,17H,5-6,11H2,1-4H3. The number of rotatable bonds is 6. The Labute approximate surface area is 104 Å². The predicted octanol–water partition coefficient (Wildman–Crippen LogP) is 3.88. The number of halogens is 1. The molecule has 0 aromatic heterocycles. The molecule has 0 radical (unpaired) electrons. The highest BCUT2D eigenvalue weighted by Gasteiger charge is 2.28. The van der Waals surface area contributed by atoms with E-state index in [0.717, 1.165) is 24.9 Å². The van der Waals surface area contributed by atoms with Crippen LogP contribution in [0.25, 0.3) is 0 Å². The Morgan fingerprint density at radius 3 is 2.35 bits per heavy atom. The third kappa shape index (κ3) is 3.53. The molecule has 0 unspecified atom stereocenters. The van der Waals surface area contributed by atoms with E-state index in [1.54, 1.807) is 12.1 Å². The summed E-state index contributed by atoms with van der Waals surface area (Å²) in [6.45, 7) is 9.54. The van der Waals surface area contributed by atoms with Gasteiger partial charge in [0.1, 0.15) is 5.82 Å². The first-order chi connectivity index (χ1) is 8.04. The van der Waals surface area contributed by atoms with Gasteiger partial charge < -0.3 is 5.32 Å². The fourth-order valence-electron chi connectivity index (χ4n) is 2.23. The second kappa shape index (κ2) is 6.15. The van der Waals surface area contributed by atoms with E-state index in [4.69, 9.17) is 0 Å². The first-order valence-corrected chi connectivity index (χ1v) is 6.53. The Morgan fingerprint density at radius 1 is 1.24 bits per heavy atom. The van der Waals surface area contributed by atoms with Gasteiger partial charge in [0.2, 0.25) is 0 Å². The lowest BCUT2D eigenvalue weighted by molar-refractivity contribution is 0.353. The highest BCUT2D eigenvalue weighted by Crippen LogP contribution is 2.31. The molecule has 0 fully saturated rings. The van der Waals surface area contributed by atoms with Crippen molar-refractivity contribution in [1.82, 2.24) is 5.32 Å². The molecule has 1 N–H and O–H groups in total. The minimum Gasteiger partial charge on any atom is -0.314 e. The van der Waals surface area contributed by atoms with Crippen LogP contribution in [0.15, 0.2) is 24.3 Å². The van der Waals surface area contributed by atoms with Crippen molar-refractivity contribution in [3.8, 4) is 0 Å². The largest absolute Gasteiger partial charge is 0.314 e. The van der Waals surface area contributed by atoms with Gasteiger partial charge in [0.05, 0.1) is 0 Å². The van der Waals surface area contributed by atoms with Crippen LogP contribution in [-0.2, 0) is 5.41 Å². The van der Waals surface area contributed by atoms with Crippen LogP contribution in [0.1, 0.15) is 46.1 Å². The molecule has 0 atom stereocenters. The Bertz CT molecular complexity index is 343. The van der Waals surface area contributed by atoms with Crippen molar-refractivity contribution in [2.75, 3.05) is 6.54 Å². The zero-order valence-electron chi connectivity index (χ0n) is 11.4. The zero-order valence-corrected chi connectivity index (χ0v) is 11.4. The lowest BCUT2D eigenvalue weighted by atomic mass is 9.75. The van der Waals surface area contributed by atoms with Gasteiger partial charge in [-0.2, -0.15) is 0 Å². The molecule has 1 aromatic carbocycles. The smallest absolute Gasteiger partial charge is 0.123 e. The summed E-state index contributed by atoms with van der Waals surface area (Å²) < 4.78 is 13.3. The molecule has 1 rings (SSSR count). The Kier molecular flexibility index (Phi) is 5.13. The van der Waals surface area contributed by atoms with E-state index in [0.29, 0.717) is 6.04 Å². The van der Waals surface area contributed by atoms with Gasteiger partial charge in [0.15, 0.2) is 0 Å². The van der Waals surface area contributed by atoms with Crippen LogP contribution in [0.3, 0.4) is 0 Å². The summed E-state index contributed by atoms with van der Waals surface area (Å²) in [6, 6.07) is 7.49. The van der Waals surface area contributed by atoms with Gasteiger partial charge in [-0.15, -0.1) is 0 Å². The lowest BCUT2D eigenvalue weighted by Crippen LogP contribution is -2.40. The molecule has 17 heavy (non-hydrogen) atoms. The quantitative estimate of drug-likeness (QED) is 0.791. The average molecular weight is 237 g/mol. The second-order valence-electron chi connectivity index (χ2n) is 5.03. The van der Waals surface area contributed by atoms with Crippen molar-refractivity contribution in [2.24, 2.45) is 0 Å². The summed E-state index contributed by atoms with van der Waals surface area (Å²) in [4.78, 5) is 0. The highest BCUT2D eigenvalue weighted by molar-refractivity contribution is 5.26. The number of hydrogen-bond acceptors (Lipinski definition) is 1. The lowest BCUT2D eigenvalue weighted by Gasteiger charge is -2.33. The number of hydrogen-bond donors (Lipinski definition) is 1. The van der Waals surface area contributed by atoms with E-state index in [1.807, 2.05) is 6.07 Å². The van der Waals surface area contributed by atoms with Gasteiger partial charge in [-0.1, -0.05) is 39.8 Å². The van der Waals surface area contributed by atoms with Crippen LogP contribution >= 0.6 is 0 Å². The molecule has 0 bridgehead atoms. The van der Waals surface area contributed by atoms with E-state index in [9.17, 15) is 4.39 Å². The maximum absolute atomic E-state index is 13.3. The molecular weight excluding hydrogens is 213 g/mol. The molecule has 0 spiro atoms. The molecule has 0 heterocycles. The van der Waals surface area contributed by atoms with Gasteiger partial charge in [-0.3, -0.25) is 0 Å². The van der Waals surface area contributed by atoms with Crippen molar-refractivity contribution in [3.63, 3.8) is 0 Å². The van der Waals surface area contributed by atoms with E-state index in [1.165, 1.54) is 6.07 Å². The van der Waals surface area contributed by atoms with Gasteiger partial charge in [0, 0.05) is 18.0 Å². The first-order valence-electron chi connectivity index (χ1n) is 6.53. The van der Waals surface area contributed by atoms with E-state index in [2.05, 4.69) is 33.0 Å². The van der Waals surface area contributed by atoms with E-state index in [-0.39, 0.29) is 11.2 Å². The maximum Gasteiger partial charge on any atom is 0.123 e. The van der Waals surface area contributed by atoms with Crippen LogP contribution in [-0.4, -0.2) is 12.6 Å². The molecule has 0 saturated carbocycles. The summed E-state index contributed by atoms with van der Waals surface area (Å²) in [5.74, 6) is -0.140. The molecule has 1 nitrogen and oxygen atoms in total. The van der Waals surface area contributed by atoms with Crippen LogP contribution in [0.4, 0.5) is 4.39 Å². The summed E-state index contributed by atoms with van der Waals surface area (Å²) in [5.41, 5.74) is 1.16. The molecule has 0 saturated heterocycles. The van der Waals surface area contributed by atoms with Crippen LogP contribution < -0.4 is 5.32 Å². The summed E-state index contributed by atoms with van der Waals surface area (Å²) in [6.07, 6.45) is 2.04. The summed E-state index contributed by atoms with van der Waals surface area (Å²) in [7, 11) is 0. The molecule has 1 aromatic rings. The summed E-state index contributed by atoms with van der Waals surface area (Å²) >= 11 is 0. The van der Waals surface area contributed by atoms with E-state index < -0.39 is 0 Å². The minimum atomic E-state index is -0.140. The molecule has 0 amide bonds. The van der Waals surface area contributed by atoms with Crippen molar-refractivity contribution < 1.29 is 4.39 Å². The minimum absolute atomic E-state index is 0.0480. The fraction of sp³-hybridized carbons (Fsp3) is 0.600. The van der Waals surface area contributed by atoms with Crippen LogP contribution in [0.5, 0.6) is 0 Å². The van der Waals surface area contributed by atoms with Gasteiger partial charge in [0.25, 0.3) is 0 Å². The van der Waals surface area contributed by atoms with Gasteiger partial charge in [-0.05, 0) is 30.5 Å². The number of benzene rings is 1. The summed E-state index contributed by atoms with van der Waals surface area (Å²) in [5, 5.41) is 3.48. The topological polar surface area (TPSA) is 12.0 Å². The van der Waals surface area contributed by atoms with Crippen LogP contribution in [0, 0.1) is 5.82 Å².